The Balaban J connectivity index is 1.38. The highest BCUT2D eigenvalue weighted by atomic mass is 15.1. The first-order valence-corrected chi connectivity index (χ1v) is 14.9. The number of para-hydroxylation sites is 1. The van der Waals surface area contributed by atoms with E-state index in [9.17, 15) is 0 Å². The number of fused-ring (bicyclic) bond motifs is 9. The van der Waals surface area contributed by atoms with E-state index in [4.69, 9.17) is 0 Å². The molecule has 0 saturated heterocycles. The fourth-order valence-electron chi connectivity index (χ4n) is 7.79. The third-order valence-electron chi connectivity index (χ3n) is 9.45. The van der Waals surface area contributed by atoms with Crippen LogP contribution in [0.5, 0.6) is 0 Å². The van der Waals surface area contributed by atoms with Crippen molar-refractivity contribution in [1.29, 1.82) is 0 Å². The van der Waals surface area contributed by atoms with E-state index in [1.165, 1.54) is 61.5 Å². The summed E-state index contributed by atoms with van der Waals surface area (Å²) in [5.41, 5.74) is 16.1. The number of anilines is 2. The summed E-state index contributed by atoms with van der Waals surface area (Å²) in [6, 6.07) is 45.1. The van der Waals surface area contributed by atoms with E-state index in [-0.39, 0.29) is 5.41 Å². The van der Waals surface area contributed by atoms with Crippen LogP contribution in [0.4, 0.5) is 11.4 Å². The van der Waals surface area contributed by atoms with Crippen molar-refractivity contribution in [3.8, 4) is 22.3 Å². The molecule has 2 atom stereocenters. The quantitative estimate of drug-likeness (QED) is 0.225. The zero-order valence-corrected chi connectivity index (χ0v) is 23.6. The van der Waals surface area contributed by atoms with E-state index in [0.717, 1.165) is 13.0 Å². The predicted octanol–water partition coefficient (Wildman–Crippen LogP) is 10.2. The molecule has 0 radical (unpaired) electrons. The number of allylic oxidation sites excluding steroid dienone is 4. The van der Waals surface area contributed by atoms with Gasteiger partial charge in [-0.05, 0) is 87.6 Å². The molecule has 2 unspecified atom stereocenters. The largest absolute Gasteiger partial charge is 0.341 e. The molecule has 0 fully saturated rings. The maximum absolute atomic E-state index is 2.51. The van der Waals surface area contributed by atoms with Gasteiger partial charge in [-0.3, -0.25) is 0 Å². The van der Waals surface area contributed by atoms with Gasteiger partial charge in [-0.1, -0.05) is 122 Å². The Bertz CT molecular complexity index is 1870. The summed E-state index contributed by atoms with van der Waals surface area (Å²) >= 11 is 0. The van der Waals surface area contributed by atoms with Crippen LogP contribution in [0.15, 0.2) is 139 Å². The van der Waals surface area contributed by atoms with Crippen LogP contribution in [0.25, 0.3) is 27.8 Å². The Morgan fingerprint density at radius 1 is 0.659 bits per heavy atom. The summed E-state index contributed by atoms with van der Waals surface area (Å²) in [6.07, 6.45) is 5.87. The van der Waals surface area contributed by atoms with Crippen molar-refractivity contribution in [3.63, 3.8) is 0 Å². The smallest absolute Gasteiger partial charge is 0.0689 e. The van der Waals surface area contributed by atoms with Crippen molar-refractivity contribution < 1.29 is 0 Å². The van der Waals surface area contributed by atoms with Gasteiger partial charge in [0.05, 0.1) is 5.41 Å². The summed E-state index contributed by atoms with van der Waals surface area (Å²) in [6.45, 7) is 5.50. The van der Waals surface area contributed by atoms with Crippen molar-refractivity contribution in [2.24, 2.45) is 5.92 Å². The SMILES string of the molecule is CCN(c1ccc2c(c1)C1(C3=C(C=CC(C)C3)c3ccccc31)c1ccccc1-2)c1ccccc1-c1ccccc1. The second kappa shape index (κ2) is 9.21. The number of rotatable bonds is 4. The molecule has 1 heteroatoms. The van der Waals surface area contributed by atoms with Crippen LogP contribution in [0.2, 0.25) is 0 Å². The molecule has 1 spiro atoms. The van der Waals surface area contributed by atoms with E-state index in [1.54, 1.807) is 5.57 Å². The maximum atomic E-state index is 2.51. The molecule has 0 N–H and O–H groups in total. The van der Waals surface area contributed by atoms with E-state index in [2.05, 4.69) is 152 Å². The highest BCUT2D eigenvalue weighted by molar-refractivity contribution is 5.98. The van der Waals surface area contributed by atoms with Gasteiger partial charge in [0, 0.05) is 23.5 Å². The molecule has 5 aromatic rings. The van der Waals surface area contributed by atoms with Gasteiger partial charge in [-0.2, -0.15) is 0 Å². The molecular weight excluding hydrogens is 494 g/mol. The maximum Gasteiger partial charge on any atom is 0.0689 e. The van der Waals surface area contributed by atoms with Crippen molar-refractivity contribution in [2.75, 3.05) is 11.4 Å². The molecule has 5 aromatic carbocycles. The third-order valence-corrected chi connectivity index (χ3v) is 9.45. The standard InChI is InChI=1S/C40H33N/c1-3-41(39-20-12-9-15-30(39)28-13-5-4-6-14-28)29-22-24-34-32-17-8-11-19-36(32)40(38(34)26-29)35-18-10-7-16-31(35)33-23-21-27(2)25-37(33)40/h4-24,26-27H,3,25H2,1-2H3. The summed E-state index contributed by atoms with van der Waals surface area (Å²) in [7, 11) is 0. The Morgan fingerprint density at radius 2 is 1.29 bits per heavy atom. The Morgan fingerprint density at radius 3 is 2.07 bits per heavy atom. The number of hydrogen-bond acceptors (Lipinski definition) is 1. The van der Waals surface area contributed by atoms with Crippen molar-refractivity contribution in [2.45, 2.75) is 25.7 Å². The van der Waals surface area contributed by atoms with E-state index in [1.807, 2.05) is 0 Å². The van der Waals surface area contributed by atoms with Gasteiger partial charge in [-0.15, -0.1) is 0 Å². The Labute approximate surface area is 243 Å². The molecule has 0 heterocycles. The molecule has 3 aliphatic carbocycles. The minimum absolute atomic E-state index is 0.259. The van der Waals surface area contributed by atoms with Crippen molar-refractivity contribution in [1.82, 2.24) is 0 Å². The molecule has 8 rings (SSSR count). The Hall–Kier alpha value is -4.62. The van der Waals surface area contributed by atoms with E-state index < -0.39 is 0 Å². The molecular formula is C40H33N. The molecule has 0 amide bonds. The second-order valence-corrected chi connectivity index (χ2v) is 11.6. The van der Waals surface area contributed by atoms with Crippen LogP contribution < -0.4 is 4.90 Å². The third kappa shape index (κ3) is 3.36. The molecule has 0 aliphatic heterocycles. The van der Waals surface area contributed by atoms with E-state index in [0.29, 0.717) is 5.92 Å². The number of nitrogens with zero attached hydrogens (tertiary/aromatic N) is 1. The van der Waals surface area contributed by atoms with Crippen molar-refractivity contribution in [3.05, 3.63) is 161 Å². The van der Waals surface area contributed by atoms with Gasteiger partial charge >= 0.3 is 0 Å². The summed E-state index contributed by atoms with van der Waals surface area (Å²) < 4.78 is 0. The highest BCUT2D eigenvalue weighted by Crippen LogP contribution is 2.64. The normalized spacial score (nSPS) is 19.6. The first kappa shape index (κ1) is 24.2. The van der Waals surface area contributed by atoms with Gasteiger partial charge in [0.1, 0.15) is 0 Å². The van der Waals surface area contributed by atoms with Crippen LogP contribution in [-0.2, 0) is 5.41 Å². The highest BCUT2D eigenvalue weighted by Gasteiger charge is 2.53. The molecule has 1 nitrogen and oxygen atoms in total. The zero-order chi connectivity index (χ0) is 27.6. The van der Waals surface area contributed by atoms with Crippen LogP contribution >= 0.6 is 0 Å². The van der Waals surface area contributed by atoms with Gasteiger partial charge < -0.3 is 4.90 Å². The lowest BCUT2D eigenvalue weighted by molar-refractivity contribution is 0.630. The average Bonchev–Trinajstić information content (AvgIpc) is 3.49. The van der Waals surface area contributed by atoms with Gasteiger partial charge in [0.2, 0.25) is 0 Å². The number of benzene rings is 5. The minimum atomic E-state index is -0.259. The molecule has 3 aliphatic rings. The topological polar surface area (TPSA) is 3.24 Å². The van der Waals surface area contributed by atoms with Crippen LogP contribution in [0.1, 0.15) is 42.5 Å². The average molecular weight is 528 g/mol. The first-order valence-electron chi connectivity index (χ1n) is 14.9. The monoisotopic (exact) mass is 527 g/mol. The van der Waals surface area contributed by atoms with Crippen LogP contribution in [0, 0.1) is 5.92 Å². The number of hydrogen-bond donors (Lipinski definition) is 0. The van der Waals surface area contributed by atoms with Crippen molar-refractivity contribution >= 4 is 16.9 Å². The predicted molar refractivity (Wildman–Crippen MR) is 173 cm³/mol. The van der Waals surface area contributed by atoms with Gasteiger partial charge in [0.15, 0.2) is 0 Å². The fourth-order valence-corrected chi connectivity index (χ4v) is 7.79. The Kier molecular flexibility index (Phi) is 5.44. The van der Waals surface area contributed by atoms with Gasteiger partial charge in [0.25, 0.3) is 0 Å². The van der Waals surface area contributed by atoms with Crippen LogP contribution in [0.3, 0.4) is 0 Å². The van der Waals surface area contributed by atoms with Crippen LogP contribution in [-0.4, -0.2) is 6.54 Å². The van der Waals surface area contributed by atoms with Gasteiger partial charge in [-0.25, -0.2) is 0 Å². The zero-order valence-electron chi connectivity index (χ0n) is 23.6. The lowest BCUT2D eigenvalue weighted by Crippen LogP contribution is -2.29. The summed E-state index contributed by atoms with van der Waals surface area (Å²) in [5, 5.41) is 0. The summed E-state index contributed by atoms with van der Waals surface area (Å²) in [5.74, 6) is 0.518. The second-order valence-electron chi connectivity index (χ2n) is 11.6. The molecule has 0 saturated carbocycles. The molecule has 0 bridgehead atoms. The van der Waals surface area contributed by atoms with E-state index >= 15 is 0 Å². The summed E-state index contributed by atoms with van der Waals surface area (Å²) in [4.78, 5) is 2.48. The minimum Gasteiger partial charge on any atom is -0.341 e. The first-order chi connectivity index (χ1) is 20.2. The fraction of sp³-hybridized carbons (Fsp3) is 0.150. The lowest BCUT2D eigenvalue weighted by Gasteiger charge is -2.35. The lowest BCUT2D eigenvalue weighted by atomic mass is 9.67. The molecule has 0 aromatic heterocycles. The molecule has 41 heavy (non-hydrogen) atoms. The molecule has 198 valence electrons.